The first-order valence-corrected chi connectivity index (χ1v) is 4.36. The fourth-order valence-electron chi connectivity index (χ4n) is 2.11. The van der Waals surface area contributed by atoms with E-state index >= 15 is 0 Å². The van der Waals surface area contributed by atoms with Gasteiger partial charge < -0.3 is 10.2 Å². The van der Waals surface area contributed by atoms with E-state index < -0.39 is 12.1 Å². The number of carboxylic acids is 1. The lowest BCUT2D eigenvalue weighted by molar-refractivity contribution is -0.151. The normalized spacial score (nSPS) is 30.1. The predicted molar refractivity (Wildman–Crippen MR) is 44.8 cm³/mol. The van der Waals surface area contributed by atoms with Crippen LogP contribution in [0.3, 0.4) is 0 Å². The summed E-state index contributed by atoms with van der Waals surface area (Å²) in [5.74, 6) is -1.16. The molecular formula is C9H16O3. The zero-order chi connectivity index (χ0) is 9.35. The Kier molecular flexibility index (Phi) is 2.42. The Hall–Kier alpha value is -0.570. The molecule has 2 atom stereocenters. The minimum atomic E-state index is -1.18. The zero-order valence-electron chi connectivity index (χ0n) is 7.58. The molecule has 70 valence electrons. The Bertz CT molecular complexity index is 186. The van der Waals surface area contributed by atoms with E-state index in [2.05, 4.69) is 0 Å². The van der Waals surface area contributed by atoms with E-state index in [-0.39, 0.29) is 11.3 Å². The summed E-state index contributed by atoms with van der Waals surface area (Å²) in [5.41, 5.74) is -0.0161. The van der Waals surface area contributed by atoms with Crippen molar-refractivity contribution in [3.63, 3.8) is 0 Å². The molecular weight excluding hydrogens is 156 g/mol. The van der Waals surface area contributed by atoms with Gasteiger partial charge in [0.05, 0.1) is 0 Å². The number of aliphatic hydroxyl groups is 1. The van der Waals surface area contributed by atoms with Crippen LogP contribution in [0.2, 0.25) is 0 Å². The summed E-state index contributed by atoms with van der Waals surface area (Å²) in [6.07, 6.45) is 1.70. The molecule has 3 heteroatoms. The summed E-state index contributed by atoms with van der Waals surface area (Å²) in [7, 11) is 0. The molecule has 12 heavy (non-hydrogen) atoms. The van der Waals surface area contributed by atoms with E-state index in [0.717, 1.165) is 19.3 Å². The van der Waals surface area contributed by atoms with Crippen molar-refractivity contribution in [2.45, 2.75) is 39.2 Å². The molecule has 0 aromatic heterocycles. The number of aliphatic carboxylic acids is 1. The monoisotopic (exact) mass is 172 g/mol. The third kappa shape index (κ3) is 1.61. The molecule has 0 spiro atoms. The molecule has 0 aromatic rings. The SMILES string of the molecule is CC1(C)CCCC1C(O)C(=O)O. The molecule has 1 rings (SSSR count). The van der Waals surface area contributed by atoms with Crippen LogP contribution < -0.4 is 0 Å². The molecule has 3 nitrogen and oxygen atoms in total. The highest BCUT2D eigenvalue weighted by Crippen LogP contribution is 2.44. The molecule has 0 aliphatic heterocycles. The van der Waals surface area contributed by atoms with Gasteiger partial charge in [-0.1, -0.05) is 20.3 Å². The first kappa shape index (κ1) is 9.52. The van der Waals surface area contributed by atoms with Crippen molar-refractivity contribution in [3.05, 3.63) is 0 Å². The van der Waals surface area contributed by atoms with Gasteiger partial charge in [-0.3, -0.25) is 0 Å². The van der Waals surface area contributed by atoms with Crippen molar-refractivity contribution in [1.82, 2.24) is 0 Å². The molecule has 0 saturated heterocycles. The Morgan fingerprint density at radius 3 is 2.50 bits per heavy atom. The Morgan fingerprint density at radius 1 is 1.58 bits per heavy atom. The van der Waals surface area contributed by atoms with Gasteiger partial charge in [0.15, 0.2) is 6.10 Å². The Labute approximate surface area is 72.4 Å². The molecule has 1 fully saturated rings. The summed E-state index contributed by atoms with van der Waals surface area (Å²) in [6, 6.07) is 0. The molecule has 0 heterocycles. The van der Waals surface area contributed by atoms with Crippen LogP contribution in [0.5, 0.6) is 0 Å². The van der Waals surface area contributed by atoms with Crippen LogP contribution in [0.4, 0.5) is 0 Å². The molecule has 0 bridgehead atoms. The van der Waals surface area contributed by atoms with Gasteiger partial charge in [0.1, 0.15) is 0 Å². The van der Waals surface area contributed by atoms with E-state index in [1.54, 1.807) is 0 Å². The van der Waals surface area contributed by atoms with E-state index in [1.807, 2.05) is 13.8 Å². The van der Waals surface area contributed by atoms with Crippen molar-refractivity contribution in [1.29, 1.82) is 0 Å². The molecule has 1 aliphatic carbocycles. The van der Waals surface area contributed by atoms with E-state index in [4.69, 9.17) is 5.11 Å². The second-order valence-corrected chi connectivity index (χ2v) is 4.27. The van der Waals surface area contributed by atoms with Gasteiger partial charge in [-0.15, -0.1) is 0 Å². The summed E-state index contributed by atoms with van der Waals surface area (Å²) in [6.45, 7) is 4.05. The Morgan fingerprint density at radius 2 is 2.17 bits per heavy atom. The summed E-state index contributed by atoms with van der Waals surface area (Å²) < 4.78 is 0. The molecule has 1 aliphatic rings. The molecule has 2 unspecified atom stereocenters. The lowest BCUT2D eigenvalue weighted by Crippen LogP contribution is -2.35. The fourth-order valence-corrected chi connectivity index (χ4v) is 2.11. The lowest BCUT2D eigenvalue weighted by Gasteiger charge is -2.28. The van der Waals surface area contributed by atoms with Gasteiger partial charge in [-0.2, -0.15) is 0 Å². The minimum absolute atomic E-state index is 0.0161. The topological polar surface area (TPSA) is 57.5 Å². The van der Waals surface area contributed by atoms with E-state index in [0.29, 0.717) is 0 Å². The van der Waals surface area contributed by atoms with Gasteiger partial charge in [0.25, 0.3) is 0 Å². The number of carboxylic acid groups (broad SMARTS) is 1. The third-order valence-electron chi connectivity index (χ3n) is 2.97. The van der Waals surface area contributed by atoms with Crippen LogP contribution in [-0.4, -0.2) is 22.3 Å². The minimum Gasteiger partial charge on any atom is -0.479 e. The number of hydrogen-bond acceptors (Lipinski definition) is 2. The standard InChI is InChI=1S/C9H16O3/c1-9(2)5-3-4-6(9)7(10)8(11)12/h6-7,10H,3-5H2,1-2H3,(H,11,12). The van der Waals surface area contributed by atoms with Crippen LogP contribution in [0, 0.1) is 11.3 Å². The van der Waals surface area contributed by atoms with Crippen LogP contribution in [-0.2, 0) is 4.79 Å². The highest BCUT2D eigenvalue weighted by atomic mass is 16.4. The van der Waals surface area contributed by atoms with Gasteiger partial charge in [0.2, 0.25) is 0 Å². The fraction of sp³-hybridized carbons (Fsp3) is 0.889. The molecule has 0 radical (unpaired) electrons. The summed E-state index contributed by atoms with van der Waals surface area (Å²) in [5, 5.41) is 18.0. The second kappa shape index (κ2) is 3.05. The van der Waals surface area contributed by atoms with Crippen molar-refractivity contribution < 1.29 is 15.0 Å². The molecule has 0 aromatic carbocycles. The molecule has 0 amide bonds. The first-order chi connectivity index (χ1) is 5.45. The molecule has 1 saturated carbocycles. The van der Waals surface area contributed by atoms with Gasteiger partial charge >= 0.3 is 5.97 Å². The van der Waals surface area contributed by atoms with Gasteiger partial charge in [0, 0.05) is 5.92 Å². The van der Waals surface area contributed by atoms with Crippen molar-refractivity contribution in [3.8, 4) is 0 Å². The van der Waals surface area contributed by atoms with Gasteiger partial charge in [-0.05, 0) is 18.3 Å². The zero-order valence-corrected chi connectivity index (χ0v) is 7.58. The number of aliphatic hydroxyl groups excluding tert-OH is 1. The largest absolute Gasteiger partial charge is 0.479 e. The second-order valence-electron chi connectivity index (χ2n) is 4.27. The van der Waals surface area contributed by atoms with Crippen molar-refractivity contribution in [2.75, 3.05) is 0 Å². The molecule has 2 N–H and O–H groups in total. The quantitative estimate of drug-likeness (QED) is 0.659. The average molecular weight is 172 g/mol. The van der Waals surface area contributed by atoms with E-state index in [1.165, 1.54) is 0 Å². The maximum atomic E-state index is 10.5. The van der Waals surface area contributed by atoms with Crippen LogP contribution in [0.1, 0.15) is 33.1 Å². The highest BCUT2D eigenvalue weighted by Gasteiger charge is 2.41. The van der Waals surface area contributed by atoms with Crippen molar-refractivity contribution >= 4 is 5.97 Å². The van der Waals surface area contributed by atoms with Crippen LogP contribution in [0.15, 0.2) is 0 Å². The Balaban J connectivity index is 2.68. The lowest BCUT2D eigenvalue weighted by atomic mass is 9.78. The number of hydrogen-bond donors (Lipinski definition) is 2. The maximum Gasteiger partial charge on any atom is 0.332 e. The van der Waals surface area contributed by atoms with Gasteiger partial charge in [-0.25, -0.2) is 4.79 Å². The smallest absolute Gasteiger partial charge is 0.332 e. The van der Waals surface area contributed by atoms with Crippen LogP contribution in [0.25, 0.3) is 0 Å². The third-order valence-corrected chi connectivity index (χ3v) is 2.97. The predicted octanol–water partition coefficient (Wildman–Crippen LogP) is 1.26. The van der Waals surface area contributed by atoms with Crippen LogP contribution >= 0.6 is 0 Å². The number of rotatable bonds is 2. The van der Waals surface area contributed by atoms with E-state index in [9.17, 15) is 9.90 Å². The number of carbonyl (C=O) groups is 1. The summed E-state index contributed by atoms with van der Waals surface area (Å²) >= 11 is 0. The van der Waals surface area contributed by atoms with Crippen molar-refractivity contribution in [2.24, 2.45) is 11.3 Å². The first-order valence-electron chi connectivity index (χ1n) is 4.36. The average Bonchev–Trinajstić information content (AvgIpc) is 2.27. The summed E-state index contributed by atoms with van der Waals surface area (Å²) in [4.78, 5) is 10.5. The maximum absolute atomic E-state index is 10.5. The highest BCUT2D eigenvalue weighted by molar-refractivity contribution is 5.72.